The van der Waals surface area contributed by atoms with E-state index in [-0.39, 0.29) is 44.2 Å². The number of hydroxylamine groups is 2. The normalized spacial score (nSPS) is 14.8. The number of hydrogen-bond acceptors (Lipinski definition) is 16. The predicted octanol–water partition coefficient (Wildman–Crippen LogP) is 15.2. The second-order valence-electron chi connectivity index (χ2n) is 20.6. The molecule has 0 aromatic heterocycles. The van der Waals surface area contributed by atoms with Crippen molar-refractivity contribution in [3.63, 3.8) is 0 Å². The molecule has 0 spiro atoms. The van der Waals surface area contributed by atoms with Gasteiger partial charge in [0.25, 0.3) is 11.8 Å². The SMILES string of the molecule is CCC(C)c1ccc(OS(=O)(=O)C(F)(F)C(F)(F)C(F)(F)S(=O)(=O)O/N=C(/c2ccccc2)C(F)(F)F)cc1.CCC(C)c1ccc(S(=O)(=O)O/N=C(/c2ccccc2)C(F)(F)F)cc1.CCC(C)c1ccc(S(=O)(=O)ON2C(=O)c3cccc4cccc(c34)C2=O)cc1. The van der Waals surface area contributed by atoms with Crippen molar-refractivity contribution in [1.82, 2.24) is 5.06 Å². The van der Waals surface area contributed by atoms with Gasteiger partial charge in [0, 0.05) is 16.5 Å². The third-order valence-electron chi connectivity index (χ3n) is 14.3. The van der Waals surface area contributed by atoms with Gasteiger partial charge in [0.2, 0.25) is 0 Å². The zero-order chi connectivity index (χ0) is 70.2. The molecule has 0 saturated heterocycles. The van der Waals surface area contributed by atoms with E-state index >= 15 is 0 Å². The first-order valence-electron chi connectivity index (χ1n) is 27.6. The standard InChI is InChI=1S/C22H19NO5S.C21H18F9NO6S2.C18H18F3NO3S/c1-3-14(2)15-10-12-17(13-11-15)29(26,27)28-23-21(24)18-8-4-6-16-7-5-9-19(20(16)18)22(23)25;1-3-13(2)14-9-11-16(12-10-14)36-38(32,33)20(27,28)19(25,26)21(29,30)39(34,35)37-31-17(18(22,23)24)15-7-5-4-6-8-15;1-3-13(2)14-9-11-16(12-10-14)26(23,24)25-22-17(18(19,20)21)15-7-5-4-6-8-15/h4-14H,3H2,1-2H3;4-13H,3H2,1-2H3;4-13H,3H2,1-2H3/b;31-17-;22-17-. The van der Waals surface area contributed by atoms with Crippen LogP contribution in [0.25, 0.3) is 10.8 Å². The van der Waals surface area contributed by atoms with Gasteiger partial charge in [0.1, 0.15) is 10.6 Å². The maximum atomic E-state index is 14.3. The number of halogens is 12. The van der Waals surface area contributed by atoms with Crippen molar-refractivity contribution < 1.29 is 113 Å². The van der Waals surface area contributed by atoms with Crippen molar-refractivity contribution in [3.05, 3.63) is 209 Å². The summed E-state index contributed by atoms with van der Waals surface area (Å²) in [6.45, 7) is 11.6. The second kappa shape index (κ2) is 29.1. The molecule has 8 rings (SSSR count). The largest absolute Gasteiger partial charge is 0.452 e. The molecule has 94 heavy (non-hydrogen) atoms. The highest BCUT2D eigenvalue weighted by Crippen LogP contribution is 2.52. The van der Waals surface area contributed by atoms with E-state index in [1.807, 2.05) is 32.9 Å². The van der Waals surface area contributed by atoms with Gasteiger partial charge < -0.3 is 4.18 Å². The molecule has 0 saturated carbocycles. The molecule has 0 radical (unpaired) electrons. The van der Waals surface area contributed by atoms with Crippen LogP contribution in [0.2, 0.25) is 0 Å². The molecule has 0 bridgehead atoms. The van der Waals surface area contributed by atoms with E-state index in [0.717, 1.165) is 53.6 Å². The number of carbonyl (C=O) groups excluding carboxylic acids is 2. The monoisotopic (exact) mass is 1410 g/mol. The van der Waals surface area contributed by atoms with Crippen LogP contribution in [0.15, 0.2) is 190 Å². The average molecular weight is 1410 g/mol. The lowest BCUT2D eigenvalue weighted by Gasteiger charge is -2.30. The van der Waals surface area contributed by atoms with Crippen LogP contribution in [0.5, 0.6) is 5.75 Å². The summed E-state index contributed by atoms with van der Waals surface area (Å²) in [6.07, 6.45) is -8.07. The van der Waals surface area contributed by atoms with E-state index in [1.165, 1.54) is 72.8 Å². The van der Waals surface area contributed by atoms with Crippen LogP contribution in [-0.4, -0.2) is 90.8 Å². The first-order valence-corrected chi connectivity index (χ1v) is 33.2. The summed E-state index contributed by atoms with van der Waals surface area (Å²) in [5, 5.41) is -7.73. The molecule has 17 nitrogen and oxygen atoms in total. The fourth-order valence-corrected chi connectivity index (χ4v) is 11.7. The number of alkyl halides is 12. The summed E-state index contributed by atoms with van der Waals surface area (Å²) in [4.78, 5) is 25.3. The predicted molar refractivity (Wildman–Crippen MR) is 319 cm³/mol. The van der Waals surface area contributed by atoms with E-state index in [0.29, 0.717) is 34.6 Å². The van der Waals surface area contributed by atoms with Gasteiger partial charge in [-0.3, -0.25) is 18.2 Å². The highest BCUT2D eigenvalue weighted by atomic mass is 32.2. The van der Waals surface area contributed by atoms with E-state index < -0.39 is 104 Å². The zero-order valence-corrected chi connectivity index (χ0v) is 53.0. The van der Waals surface area contributed by atoms with Gasteiger partial charge in [0.05, 0.1) is 16.0 Å². The fourth-order valence-electron chi connectivity index (χ4n) is 8.36. The number of imide groups is 1. The number of amides is 2. The van der Waals surface area contributed by atoms with Crippen LogP contribution < -0.4 is 4.18 Å². The average Bonchev–Trinajstić information content (AvgIpc) is 0.726. The highest BCUT2D eigenvalue weighted by molar-refractivity contribution is 7.89. The number of benzene rings is 7. The summed E-state index contributed by atoms with van der Waals surface area (Å²) >= 11 is 0. The maximum Gasteiger partial charge on any atom is 0.452 e. The van der Waals surface area contributed by atoms with Gasteiger partial charge in [-0.2, -0.15) is 86.4 Å². The molecule has 1 aliphatic heterocycles. The first kappa shape index (κ1) is 74.6. The second-order valence-corrected chi connectivity index (χ2v) is 26.8. The Hall–Kier alpha value is -8.40. The van der Waals surface area contributed by atoms with Gasteiger partial charge in [-0.15, -0.1) is 9.35 Å². The molecule has 506 valence electrons. The Morgan fingerprint density at radius 1 is 0.436 bits per heavy atom. The Balaban J connectivity index is 0.000000229. The van der Waals surface area contributed by atoms with E-state index in [4.69, 9.17) is 4.28 Å². The molecule has 0 fully saturated rings. The maximum absolute atomic E-state index is 14.3. The van der Waals surface area contributed by atoms with Crippen molar-refractivity contribution in [2.24, 2.45) is 10.3 Å². The molecule has 7 aromatic carbocycles. The Bertz CT molecular complexity index is 4330. The Morgan fingerprint density at radius 2 is 0.787 bits per heavy atom. The van der Waals surface area contributed by atoms with E-state index in [9.17, 15) is 95.9 Å². The van der Waals surface area contributed by atoms with Crippen molar-refractivity contribution in [2.75, 3.05) is 0 Å². The highest BCUT2D eigenvalue weighted by Gasteiger charge is 2.84. The molecule has 7 aromatic rings. The van der Waals surface area contributed by atoms with Gasteiger partial charge in [-0.05, 0) is 108 Å². The van der Waals surface area contributed by atoms with Crippen molar-refractivity contribution in [1.29, 1.82) is 0 Å². The summed E-state index contributed by atoms with van der Waals surface area (Å²) < 4.78 is 278. The van der Waals surface area contributed by atoms with Crippen LogP contribution in [0.1, 0.15) is 127 Å². The number of nitrogens with zero attached hydrogens (tertiary/aromatic N) is 3. The lowest BCUT2D eigenvalue weighted by atomic mass is 9.95. The lowest BCUT2D eigenvalue weighted by molar-refractivity contribution is -0.247. The minimum absolute atomic E-state index is 0.104. The molecular weight excluding hydrogens is 1350 g/mol. The molecule has 2 amide bonds. The molecule has 1 heterocycles. The molecule has 1 aliphatic rings. The smallest absolute Gasteiger partial charge is 0.378 e. The molecule has 0 aliphatic carbocycles. The van der Waals surface area contributed by atoms with Crippen molar-refractivity contribution >= 4 is 74.5 Å². The van der Waals surface area contributed by atoms with Crippen molar-refractivity contribution in [3.8, 4) is 5.75 Å². The molecular formula is C61H55F12N3O14S4. The fraction of sp³-hybridized carbons (Fsp3) is 0.279. The van der Waals surface area contributed by atoms with Crippen LogP contribution in [-0.2, 0) is 53.3 Å². The van der Waals surface area contributed by atoms with Crippen LogP contribution in [0.3, 0.4) is 0 Å². The van der Waals surface area contributed by atoms with Crippen LogP contribution in [0.4, 0.5) is 52.7 Å². The van der Waals surface area contributed by atoms with Gasteiger partial charge in [-0.25, -0.2) is 0 Å². The Labute approximate surface area is 532 Å². The zero-order valence-electron chi connectivity index (χ0n) is 49.7. The van der Waals surface area contributed by atoms with E-state index in [1.54, 1.807) is 74.5 Å². The van der Waals surface area contributed by atoms with Gasteiger partial charge in [0.15, 0.2) is 11.4 Å². The molecule has 3 atom stereocenters. The number of hydrogen-bond donors (Lipinski definition) is 0. The minimum atomic E-state index is -7.49. The summed E-state index contributed by atoms with van der Waals surface area (Å²) in [5.74, 6) is -9.54. The quantitative estimate of drug-likeness (QED) is 0.0202. The Kier molecular flexibility index (Phi) is 23.1. The Morgan fingerprint density at radius 3 is 1.16 bits per heavy atom. The van der Waals surface area contributed by atoms with Gasteiger partial charge in [-0.1, -0.05) is 173 Å². The summed E-state index contributed by atoms with van der Waals surface area (Å²) in [6, 6.07) is 37.0. The third kappa shape index (κ3) is 16.6. The van der Waals surface area contributed by atoms with Crippen molar-refractivity contribution in [2.45, 2.75) is 117 Å². The van der Waals surface area contributed by atoms with E-state index in [2.05, 4.69) is 17.9 Å². The summed E-state index contributed by atoms with van der Waals surface area (Å²) in [7, 11) is -23.4. The number of oxime groups is 2. The number of carbonyl (C=O) groups is 2. The number of rotatable bonds is 22. The van der Waals surface area contributed by atoms with Crippen LogP contribution in [0, 0.1) is 0 Å². The lowest BCUT2D eigenvalue weighted by Crippen LogP contribution is -2.61. The van der Waals surface area contributed by atoms with Gasteiger partial charge >= 0.3 is 69.3 Å². The molecule has 0 N–H and O–H groups in total. The molecule has 33 heteroatoms. The van der Waals surface area contributed by atoms with Crippen LogP contribution >= 0.6 is 0 Å². The third-order valence-corrected chi connectivity index (χ3v) is 19.1. The topological polar surface area (TPSA) is 236 Å². The first-order chi connectivity index (χ1) is 43.6. The summed E-state index contributed by atoms with van der Waals surface area (Å²) in [5.41, 5.74) is -2.08. The minimum Gasteiger partial charge on any atom is -0.378 e. The molecule has 3 unspecified atom stereocenters.